The number of aryl methyl sites for hydroxylation is 1. The molecule has 3 heterocycles. The Balaban J connectivity index is 1.51. The van der Waals surface area contributed by atoms with E-state index < -0.39 is 29.3 Å². The average Bonchev–Trinajstić information content (AvgIpc) is 3.09. The molecule has 1 N–H and O–H groups in total. The van der Waals surface area contributed by atoms with Crippen molar-refractivity contribution in [3.05, 3.63) is 41.5 Å². The molecular formula is C18H17F3N4O3. The zero-order chi connectivity index (χ0) is 19.8. The van der Waals surface area contributed by atoms with Gasteiger partial charge in [0.05, 0.1) is 24.2 Å². The number of hydrogen-bond acceptors (Lipinski definition) is 4. The third-order valence-corrected chi connectivity index (χ3v) is 4.95. The van der Waals surface area contributed by atoms with Gasteiger partial charge in [0.15, 0.2) is 17.5 Å². The van der Waals surface area contributed by atoms with Crippen molar-refractivity contribution < 1.29 is 27.5 Å². The molecule has 0 bridgehead atoms. The number of carbonyl (C=O) groups excluding carboxylic acids is 2. The fourth-order valence-electron chi connectivity index (χ4n) is 3.51. The van der Waals surface area contributed by atoms with Gasteiger partial charge >= 0.3 is 0 Å². The van der Waals surface area contributed by atoms with Gasteiger partial charge in [-0.3, -0.25) is 14.3 Å². The van der Waals surface area contributed by atoms with Crippen LogP contribution in [0, 0.1) is 23.4 Å². The highest BCUT2D eigenvalue weighted by molar-refractivity contribution is 5.96. The number of halogens is 3. The van der Waals surface area contributed by atoms with E-state index in [0.29, 0.717) is 38.2 Å². The Morgan fingerprint density at radius 2 is 1.96 bits per heavy atom. The van der Waals surface area contributed by atoms with Crippen LogP contribution in [0.2, 0.25) is 0 Å². The number of benzene rings is 1. The Kier molecular flexibility index (Phi) is 4.80. The molecule has 2 aromatic rings. The number of ether oxygens (including phenoxy) is 1. The number of morpholine rings is 1. The van der Waals surface area contributed by atoms with Gasteiger partial charge in [-0.05, 0) is 6.42 Å². The highest BCUT2D eigenvalue weighted by atomic mass is 19.2. The van der Waals surface area contributed by atoms with Crippen molar-refractivity contribution in [1.82, 2.24) is 9.78 Å². The molecule has 0 saturated carbocycles. The highest BCUT2D eigenvalue weighted by Gasteiger charge is 2.31. The van der Waals surface area contributed by atoms with Gasteiger partial charge in [0.25, 0.3) is 5.91 Å². The first-order valence-electron chi connectivity index (χ1n) is 8.82. The molecule has 28 heavy (non-hydrogen) atoms. The summed E-state index contributed by atoms with van der Waals surface area (Å²) >= 11 is 0. The Hall–Kier alpha value is -2.88. The van der Waals surface area contributed by atoms with Crippen LogP contribution in [0.4, 0.5) is 24.5 Å². The van der Waals surface area contributed by atoms with E-state index in [9.17, 15) is 22.8 Å². The molecule has 0 aliphatic carbocycles. The number of rotatable bonds is 3. The number of fused-ring (bicyclic) bond motifs is 1. The number of nitrogens with one attached hydrogen (secondary N) is 1. The number of aromatic nitrogens is 2. The molecule has 10 heteroatoms. The van der Waals surface area contributed by atoms with E-state index in [0.717, 1.165) is 17.8 Å². The lowest BCUT2D eigenvalue weighted by atomic mass is 9.94. The fourth-order valence-corrected chi connectivity index (χ4v) is 3.51. The predicted molar refractivity (Wildman–Crippen MR) is 92.2 cm³/mol. The summed E-state index contributed by atoms with van der Waals surface area (Å²) in [6.45, 7) is 1.29. The third kappa shape index (κ3) is 3.35. The molecule has 2 amide bonds. The first kappa shape index (κ1) is 18.5. The van der Waals surface area contributed by atoms with Gasteiger partial charge in [-0.25, -0.2) is 13.2 Å². The average molecular weight is 394 g/mol. The van der Waals surface area contributed by atoms with Gasteiger partial charge in [0.2, 0.25) is 5.91 Å². The molecule has 2 aliphatic rings. The number of amides is 2. The smallest absolute Gasteiger partial charge is 0.253 e. The summed E-state index contributed by atoms with van der Waals surface area (Å²) in [6.07, 6.45) is 2.39. The van der Waals surface area contributed by atoms with E-state index >= 15 is 0 Å². The minimum atomic E-state index is -1.58. The van der Waals surface area contributed by atoms with Crippen LogP contribution in [0.5, 0.6) is 0 Å². The molecule has 7 nitrogen and oxygen atoms in total. The topological polar surface area (TPSA) is 76.5 Å². The lowest BCUT2D eigenvalue weighted by Crippen LogP contribution is -2.42. The van der Waals surface area contributed by atoms with E-state index in [-0.39, 0.29) is 18.2 Å². The first-order valence-corrected chi connectivity index (χ1v) is 8.82. The third-order valence-electron chi connectivity index (χ3n) is 4.95. The molecular weight excluding hydrogens is 377 g/mol. The van der Waals surface area contributed by atoms with Gasteiger partial charge < -0.3 is 15.0 Å². The monoisotopic (exact) mass is 394 g/mol. The molecule has 1 saturated heterocycles. The molecule has 1 atom stereocenters. The summed E-state index contributed by atoms with van der Waals surface area (Å²) < 4.78 is 46.7. The standard InChI is InChI=1S/C18H17F3N4O3/c19-12-6-11(7-13(20)17(12)21)23-18(27)10-1-2-25-14(5-10)15(8-22-25)24-3-4-28-9-16(24)26/h6-8,10H,1-5,9H2,(H,23,27). The normalized spacial score (nSPS) is 19.5. The van der Waals surface area contributed by atoms with Crippen molar-refractivity contribution in [2.24, 2.45) is 5.92 Å². The fraction of sp³-hybridized carbons (Fsp3) is 0.389. The van der Waals surface area contributed by atoms with E-state index in [1.54, 1.807) is 15.8 Å². The molecule has 4 rings (SSSR count). The summed E-state index contributed by atoms with van der Waals surface area (Å²) in [5, 5.41) is 6.72. The Labute approximate surface area is 158 Å². The maximum absolute atomic E-state index is 13.4. The second-order valence-corrected chi connectivity index (χ2v) is 6.73. The summed E-state index contributed by atoms with van der Waals surface area (Å²) in [4.78, 5) is 26.3. The minimum absolute atomic E-state index is 0.00374. The molecule has 1 unspecified atom stereocenters. The summed E-state index contributed by atoms with van der Waals surface area (Å²) in [5.41, 5.74) is 1.24. The van der Waals surface area contributed by atoms with Crippen LogP contribution < -0.4 is 10.2 Å². The number of nitrogens with zero attached hydrogens (tertiary/aromatic N) is 3. The Bertz CT molecular complexity index is 923. The maximum atomic E-state index is 13.4. The lowest BCUT2D eigenvalue weighted by molar-refractivity contribution is -0.125. The molecule has 1 aromatic heterocycles. The van der Waals surface area contributed by atoms with Crippen molar-refractivity contribution in [2.45, 2.75) is 19.4 Å². The van der Waals surface area contributed by atoms with Crippen molar-refractivity contribution in [1.29, 1.82) is 0 Å². The highest BCUT2D eigenvalue weighted by Crippen LogP contribution is 2.30. The van der Waals surface area contributed by atoms with Crippen LogP contribution >= 0.6 is 0 Å². The van der Waals surface area contributed by atoms with Crippen molar-refractivity contribution in [2.75, 3.05) is 30.0 Å². The van der Waals surface area contributed by atoms with Crippen LogP contribution in [-0.2, 0) is 27.3 Å². The molecule has 2 aliphatic heterocycles. The van der Waals surface area contributed by atoms with Crippen molar-refractivity contribution in [3.8, 4) is 0 Å². The quantitative estimate of drug-likeness (QED) is 0.807. The zero-order valence-corrected chi connectivity index (χ0v) is 14.8. The van der Waals surface area contributed by atoms with E-state index in [1.807, 2.05) is 0 Å². The van der Waals surface area contributed by atoms with E-state index in [4.69, 9.17) is 4.74 Å². The molecule has 1 aromatic carbocycles. The molecule has 0 radical (unpaired) electrons. The Morgan fingerprint density at radius 1 is 1.21 bits per heavy atom. The van der Waals surface area contributed by atoms with Crippen LogP contribution in [0.25, 0.3) is 0 Å². The van der Waals surface area contributed by atoms with E-state index in [1.165, 1.54) is 0 Å². The second-order valence-electron chi connectivity index (χ2n) is 6.73. The van der Waals surface area contributed by atoms with Gasteiger partial charge in [-0.2, -0.15) is 5.10 Å². The molecule has 1 fully saturated rings. The molecule has 148 valence electrons. The van der Waals surface area contributed by atoms with E-state index in [2.05, 4.69) is 10.4 Å². The van der Waals surface area contributed by atoms with Crippen LogP contribution in [0.3, 0.4) is 0 Å². The van der Waals surface area contributed by atoms with Crippen LogP contribution in [0.1, 0.15) is 12.1 Å². The zero-order valence-electron chi connectivity index (χ0n) is 14.8. The predicted octanol–water partition coefficient (Wildman–Crippen LogP) is 1.86. The van der Waals surface area contributed by atoms with Gasteiger partial charge in [-0.15, -0.1) is 0 Å². The summed E-state index contributed by atoms with van der Waals surface area (Å²) in [7, 11) is 0. The van der Waals surface area contributed by atoms with Gasteiger partial charge in [-0.1, -0.05) is 0 Å². The SMILES string of the molecule is O=C(Nc1cc(F)c(F)c(F)c1)C1CCn2ncc(N3CCOCC3=O)c2C1. The largest absolute Gasteiger partial charge is 0.370 e. The van der Waals surface area contributed by atoms with Crippen LogP contribution in [0.15, 0.2) is 18.3 Å². The van der Waals surface area contributed by atoms with Crippen LogP contribution in [-0.4, -0.2) is 41.4 Å². The molecule has 0 spiro atoms. The van der Waals surface area contributed by atoms with Gasteiger partial charge in [0, 0.05) is 43.2 Å². The number of hydrogen-bond donors (Lipinski definition) is 1. The lowest BCUT2D eigenvalue weighted by Gasteiger charge is -2.29. The first-order chi connectivity index (χ1) is 13.4. The maximum Gasteiger partial charge on any atom is 0.253 e. The summed E-state index contributed by atoms with van der Waals surface area (Å²) in [6, 6.07) is 1.47. The van der Waals surface area contributed by atoms with Crippen molar-refractivity contribution in [3.63, 3.8) is 0 Å². The number of anilines is 2. The minimum Gasteiger partial charge on any atom is -0.370 e. The Morgan fingerprint density at radius 3 is 2.68 bits per heavy atom. The van der Waals surface area contributed by atoms with Gasteiger partial charge in [0.1, 0.15) is 6.61 Å². The van der Waals surface area contributed by atoms with Crippen molar-refractivity contribution >= 4 is 23.2 Å². The summed E-state index contributed by atoms with van der Waals surface area (Å²) in [5.74, 6) is -5.41. The second kappa shape index (κ2) is 7.27. The number of carbonyl (C=O) groups is 2.